The summed E-state index contributed by atoms with van der Waals surface area (Å²) in [5, 5.41) is 6.17. The van der Waals surface area contributed by atoms with Gasteiger partial charge < -0.3 is 10.2 Å². The van der Waals surface area contributed by atoms with E-state index in [4.69, 9.17) is 0 Å². The Morgan fingerprint density at radius 1 is 1.26 bits per heavy atom. The first-order valence-corrected chi connectivity index (χ1v) is 10.8. The maximum Gasteiger partial charge on any atom is 0.230 e. The summed E-state index contributed by atoms with van der Waals surface area (Å²) in [7, 11) is 0. The molecule has 1 aliphatic heterocycles. The molecule has 0 atom stereocenters. The minimum atomic E-state index is -0.00767. The molecule has 0 bridgehead atoms. The monoisotopic (exact) mass is 386 g/mol. The number of aryl methyl sites for hydroxylation is 1. The van der Waals surface area contributed by atoms with Crippen molar-refractivity contribution < 1.29 is 4.79 Å². The van der Waals surface area contributed by atoms with Gasteiger partial charge in [-0.25, -0.2) is 4.98 Å². The predicted octanol–water partition coefficient (Wildman–Crippen LogP) is 4.07. The van der Waals surface area contributed by atoms with E-state index in [1.807, 2.05) is 18.4 Å². The van der Waals surface area contributed by atoms with E-state index >= 15 is 0 Å². The van der Waals surface area contributed by atoms with E-state index in [0.717, 1.165) is 54.7 Å². The summed E-state index contributed by atoms with van der Waals surface area (Å²) < 4.78 is 0. The summed E-state index contributed by atoms with van der Waals surface area (Å²) in [6.07, 6.45) is 2.90. The number of hydrogen-bond donors (Lipinski definition) is 1. The maximum absolute atomic E-state index is 12.5. The van der Waals surface area contributed by atoms with Gasteiger partial charge in [0.2, 0.25) is 5.91 Å². The molecule has 0 spiro atoms. The number of likely N-dealkylation sites (tertiary alicyclic amines) is 1. The fourth-order valence-corrected chi connectivity index (χ4v) is 4.40. The zero-order valence-electron chi connectivity index (χ0n) is 16.6. The SMILES string of the molecule is CCN(CC)c1ccc(NC(=O)Cc2csc(CN3CCCC3)n2)c(C)c1. The minimum absolute atomic E-state index is 0.00767. The van der Waals surface area contributed by atoms with E-state index in [0.29, 0.717) is 6.42 Å². The topological polar surface area (TPSA) is 48.5 Å². The van der Waals surface area contributed by atoms with Crippen molar-refractivity contribution in [2.75, 3.05) is 36.4 Å². The Bertz CT molecular complexity index is 763. The van der Waals surface area contributed by atoms with Crippen molar-refractivity contribution in [1.29, 1.82) is 0 Å². The predicted molar refractivity (Wildman–Crippen MR) is 114 cm³/mol. The Morgan fingerprint density at radius 3 is 2.67 bits per heavy atom. The Balaban J connectivity index is 1.56. The van der Waals surface area contributed by atoms with Crippen LogP contribution in [0.2, 0.25) is 0 Å². The second-order valence-electron chi connectivity index (χ2n) is 7.11. The second kappa shape index (κ2) is 9.33. The standard InChI is InChI=1S/C21H30N4OS/c1-4-25(5-2)18-8-9-19(16(3)12-18)23-20(26)13-17-15-27-21(22-17)14-24-10-6-7-11-24/h8-9,12,15H,4-7,10-11,13-14H2,1-3H3,(H,23,26). The van der Waals surface area contributed by atoms with Crippen molar-refractivity contribution in [1.82, 2.24) is 9.88 Å². The van der Waals surface area contributed by atoms with Crippen molar-refractivity contribution in [2.45, 2.75) is 46.6 Å². The third-order valence-electron chi connectivity index (χ3n) is 5.11. The van der Waals surface area contributed by atoms with Crippen molar-refractivity contribution in [3.63, 3.8) is 0 Å². The van der Waals surface area contributed by atoms with Gasteiger partial charge in [-0.2, -0.15) is 0 Å². The number of thiazole rings is 1. The number of nitrogens with zero attached hydrogens (tertiary/aromatic N) is 3. The largest absolute Gasteiger partial charge is 0.372 e. The average Bonchev–Trinajstić information content (AvgIpc) is 3.31. The molecule has 3 rings (SSSR count). The molecule has 1 aromatic heterocycles. The van der Waals surface area contributed by atoms with Crippen molar-refractivity contribution in [3.05, 3.63) is 39.8 Å². The van der Waals surface area contributed by atoms with E-state index in [-0.39, 0.29) is 5.91 Å². The van der Waals surface area contributed by atoms with Crippen LogP contribution in [0.25, 0.3) is 0 Å². The number of carbonyl (C=O) groups excluding carboxylic acids is 1. The van der Waals surface area contributed by atoms with Crippen molar-refractivity contribution in [2.24, 2.45) is 0 Å². The lowest BCUT2D eigenvalue weighted by molar-refractivity contribution is -0.115. The lowest BCUT2D eigenvalue weighted by Gasteiger charge is -2.22. The quantitative estimate of drug-likeness (QED) is 0.743. The number of amides is 1. The van der Waals surface area contributed by atoms with Crippen LogP contribution in [0, 0.1) is 6.92 Å². The first-order chi connectivity index (χ1) is 13.1. The molecule has 0 aliphatic carbocycles. The Kier molecular flexibility index (Phi) is 6.85. The molecule has 5 nitrogen and oxygen atoms in total. The van der Waals surface area contributed by atoms with Gasteiger partial charge in [0.1, 0.15) is 5.01 Å². The first kappa shape index (κ1) is 19.8. The van der Waals surface area contributed by atoms with Crippen LogP contribution in [-0.4, -0.2) is 42.0 Å². The molecule has 146 valence electrons. The molecule has 1 saturated heterocycles. The highest BCUT2D eigenvalue weighted by Crippen LogP contribution is 2.23. The number of hydrogen-bond acceptors (Lipinski definition) is 5. The van der Waals surface area contributed by atoms with Crippen molar-refractivity contribution >= 4 is 28.6 Å². The molecular weight excluding hydrogens is 356 g/mol. The molecule has 0 saturated carbocycles. The van der Waals surface area contributed by atoms with Crippen LogP contribution in [0.5, 0.6) is 0 Å². The van der Waals surface area contributed by atoms with E-state index < -0.39 is 0 Å². The zero-order valence-corrected chi connectivity index (χ0v) is 17.4. The molecule has 0 radical (unpaired) electrons. The third-order valence-corrected chi connectivity index (χ3v) is 5.99. The van der Waals surface area contributed by atoms with Gasteiger partial charge in [-0.15, -0.1) is 11.3 Å². The minimum Gasteiger partial charge on any atom is -0.372 e. The van der Waals surface area contributed by atoms with Crippen LogP contribution in [0.4, 0.5) is 11.4 Å². The highest BCUT2D eigenvalue weighted by atomic mass is 32.1. The summed E-state index contributed by atoms with van der Waals surface area (Å²) >= 11 is 1.66. The summed E-state index contributed by atoms with van der Waals surface area (Å²) in [5.74, 6) is -0.00767. The van der Waals surface area contributed by atoms with Gasteiger partial charge in [0.15, 0.2) is 0 Å². The number of anilines is 2. The molecular formula is C21H30N4OS. The number of aromatic nitrogens is 1. The van der Waals surface area contributed by atoms with E-state index in [1.165, 1.54) is 18.5 Å². The molecule has 1 aliphatic rings. The number of benzene rings is 1. The maximum atomic E-state index is 12.5. The first-order valence-electron chi connectivity index (χ1n) is 9.90. The molecule has 1 aromatic carbocycles. The smallest absolute Gasteiger partial charge is 0.230 e. The second-order valence-corrected chi connectivity index (χ2v) is 8.05. The molecule has 1 amide bonds. The number of nitrogens with one attached hydrogen (secondary N) is 1. The van der Waals surface area contributed by atoms with Gasteiger partial charge in [0, 0.05) is 29.8 Å². The zero-order chi connectivity index (χ0) is 19.2. The van der Waals surface area contributed by atoms with Gasteiger partial charge in [0.05, 0.1) is 18.7 Å². The van der Waals surface area contributed by atoms with E-state index in [1.54, 1.807) is 11.3 Å². The average molecular weight is 387 g/mol. The summed E-state index contributed by atoms with van der Waals surface area (Å²) in [6, 6.07) is 6.22. The van der Waals surface area contributed by atoms with Crippen LogP contribution in [0.1, 0.15) is 43.0 Å². The molecule has 1 fully saturated rings. The van der Waals surface area contributed by atoms with Crippen molar-refractivity contribution in [3.8, 4) is 0 Å². The molecule has 1 N–H and O–H groups in total. The Labute approximate surface area is 166 Å². The van der Waals surface area contributed by atoms with E-state index in [2.05, 4.69) is 46.1 Å². The van der Waals surface area contributed by atoms with Crippen LogP contribution in [-0.2, 0) is 17.8 Å². The molecule has 27 heavy (non-hydrogen) atoms. The van der Waals surface area contributed by atoms with Crippen LogP contribution >= 0.6 is 11.3 Å². The molecule has 6 heteroatoms. The lowest BCUT2D eigenvalue weighted by atomic mass is 10.1. The molecule has 2 heterocycles. The highest BCUT2D eigenvalue weighted by Gasteiger charge is 2.15. The fraction of sp³-hybridized carbons (Fsp3) is 0.524. The van der Waals surface area contributed by atoms with Gasteiger partial charge in [-0.1, -0.05) is 0 Å². The van der Waals surface area contributed by atoms with Crippen LogP contribution in [0.15, 0.2) is 23.6 Å². The van der Waals surface area contributed by atoms with Gasteiger partial charge in [-0.3, -0.25) is 9.69 Å². The number of rotatable bonds is 8. The lowest BCUT2D eigenvalue weighted by Crippen LogP contribution is -2.22. The van der Waals surface area contributed by atoms with Crippen LogP contribution in [0.3, 0.4) is 0 Å². The normalized spacial score (nSPS) is 14.5. The third kappa shape index (κ3) is 5.30. The Morgan fingerprint density at radius 2 is 2.00 bits per heavy atom. The Hall–Kier alpha value is -1.92. The summed E-state index contributed by atoms with van der Waals surface area (Å²) in [6.45, 7) is 11.5. The van der Waals surface area contributed by atoms with E-state index in [9.17, 15) is 4.79 Å². The summed E-state index contributed by atoms with van der Waals surface area (Å²) in [5.41, 5.74) is 4.02. The molecule has 2 aromatic rings. The van der Waals surface area contributed by atoms with Crippen LogP contribution < -0.4 is 10.2 Å². The highest BCUT2D eigenvalue weighted by molar-refractivity contribution is 7.09. The fourth-order valence-electron chi connectivity index (χ4n) is 3.57. The molecule has 0 unspecified atom stereocenters. The summed E-state index contributed by atoms with van der Waals surface area (Å²) in [4.78, 5) is 21.8. The number of carbonyl (C=O) groups is 1. The van der Waals surface area contributed by atoms with Gasteiger partial charge in [0.25, 0.3) is 0 Å². The van der Waals surface area contributed by atoms with Gasteiger partial charge in [-0.05, 0) is 70.5 Å². The van der Waals surface area contributed by atoms with Gasteiger partial charge >= 0.3 is 0 Å².